The van der Waals surface area contributed by atoms with Crippen LogP contribution in [0.25, 0.3) is 6.08 Å². The van der Waals surface area contributed by atoms with Gasteiger partial charge < -0.3 is 0 Å². The summed E-state index contributed by atoms with van der Waals surface area (Å²) >= 11 is 1.30. The van der Waals surface area contributed by atoms with Gasteiger partial charge in [-0.3, -0.25) is 20.2 Å². The van der Waals surface area contributed by atoms with Gasteiger partial charge in [0, 0.05) is 23.7 Å². The van der Waals surface area contributed by atoms with Crippen LogP contribution >= 0.6 is 11.3 Å². The van der Waals surface area contributed by atoms with Gasteiger partial charge in [-0.05, 0) is 12.1 Å². The van der Waals surface area contributed by atoms with E-state index >= 15 is 0 Å². The first kappa shape index (κ1) is 12.9. The van der Waals surface area contributed by atoms with E-state index in [0.29, 0.717) is 10.7 Å². The first-order chi connectivity index (χ1) is 9.16. The number of nitro groups is 1. The van der Waals surface area contributed by atoms with Gasteiger partial charge in [0.15, 0.2) is 5.13 Å². The lowest BCUT2D eigenvalue weighted by Gasteiger charge is -1.97. The van der Waals surface area contributed by atoms with Crippen LogP contribution in [-0.4, -0.2) is 15.8 Å². The molecule has 0 bridgehead atoms. The molecule has 0 aliphatic heterocycles. The number of hydrogen-bond acceptors (Lipinski definition) is 5. The Bertz CT molecular complexity index is 623. The highest BCUT2D eigenvalue weighted by Gasteiger charge is 2.09. The minimum atomic E-state index is -0.488. The summed E-state index contributed by atoms with van der Waals surface area (Å²) < 4.78 is 0. The van der Waals surface area contributed by atoms with Crippen molar-refractivity contribution in [3.63, 3.8) is 0 Å². The first-order valence-electron chi connectivity index (χ1n) is 5.29. The van der Waals surface area contributed by atoms with Crippen molar-refractivity contribution >= 4 is 34.1 Å². The molecule has 1 heterocycles. The van der Waals surface area contributed by atoms with Crippen LogP contribution in [0, 0.1) is 10.1 Å². The van der Waals surface area contributed by atoms with Crippen LogP contribution in [0.2, 0.25) is 0 Å². The minimum Gasteiger partial charge on any atom is -0.298 e. The predicted molar refractivity (Wildman–Crippen MR) is 72.9 cm³/mol. The Morgan fingerprint density at radius 1 is 1.42 bits per heavy atom. The Hall–Kier alpha value is -2.54. The van der Waals surface area contributed by atoms with E-state index in [4.69, 9.17) is 0 Å². The maximum atomic E-state index is 11.6. The largest absolute Gasteiger partial charge is 0.298 e. The zero-order valence-corrected chi connectivity index (χ0v) is 10.5. The third-order valence-corrected chi connectivity index (χ3v) is 2.90. The number of aromatic nitrogens is 1. The molecule has 0 saturated heterocycles. The number of amides is 1. The number of anilines is 1. The molecule has 7 heteroatoms. The van der Waals surface area contributed by atoms with Crippen molar-refractivity contribution in [1.82, 2.24) is 4.98 Å². The Kier molecular flexibility index (Phi) is 3.99. The second-order valence-electron chi connectivity index (χ2n) is 3.48. The molecule has 0 fully saturated rings. The van der Waals surface area contributed by atoms with Crippen molar-refractivity contribution in [3.05, 3.63) is 57.6 Å². The highest BCUT2D eigenvalue weighted by molar-refractivity contribution is 7.13. The maximum Gasteiger partial charge on any atom is 0.276 e. The molecular formula is C12H9N3O3S. The third kappa shape index (κ3) is 3.46. The first-order valence-corrected chi connectivity index (χ1v) is 6.17. The smallest absolute Gasteiger partial charge is 0.276 e. The zero-order chi connectivity index (χ0) is 13.7. The summed E-state index contributed by atoms with van der Waals surface area (Å²) in [6.07, 6.45) is 4.22. The van der Waals surface area contributed by atoms with Gasteiger partial charge in [-0.1, -0.05) is 12.1 Å². The van der Waals surface area contributed by atoms with Crippen LogP contribution in [0.15, 0.2) is 41.9 Å². The lowest BCUT2D eigenvalue weighted by atomic mass is 10.1. The lowest BCUT2D eigenvalue weighted by molar-refractivity contribution is -0.385. The van der Waals surface area contributed by atoms with Crippen molar-refractivity contribution in [2.75, 3.05) is 5.32 Å². The number of carbonyl (C=O) groups excluding carboxylic acids is 1. The Balaban J connectivity index is 2.10. The number of nitrogens with one attached hydrogen (secondary N) is 1. The van der Waals surface area contributed by atoms with E-state index in [0.717, 1.165) is 0 Å². The van der Waals surface area contributed by atoms with Gasteiger partial charge in [-0.25, -0.2) is 4.98 Å². The highest BCUT2D eigenvalue weighted by Crippen LogP contribution is 2.19. The van der Waals surface area contributed by atoms with Crippen molar-refractivity contribution in [1.29, 1.82) is 0 Å². The van der Waals surface area contributed by atoms with Crippen LogP contribution < -0.4 is 5.32 Å². The molecule has 1 N–H and O–H groups in total. The van der Waals surface area contributed by atoms with Crippen LogP contribution in [-0.2, 0) is 4.79 Å². The summed E-state index contributed by atoms with van der Waals surface area (Å²) in [7, 11) is 0. The molecule has 1 amide bonds. The number of thiazole rings is 1. The molecule has 2 aromatic rings. The van der Waals surface area contributed by atoms with Gasteiger partial charge in [0.2, 0.25) is 5.91 Å². The molecule has 0 spiro atoms. The second kappa shape index (κ2) is 5.87. The average molecular weight is 275 g/mol. The molecule has 0 radical (unpaired) electrons. The zero-order valence-electron chi connectivity index (χ0n) is 9.65. The SMILES string of the molecule is O=C(C=Cc1ccccc1[N+](=O)[O-])Nc1nccs1. The standard InChI is InChI=1S/C12H9N3O3S/c16-11(14-12-13-7-8-19-12)6-5-9-3-1-2-4-10(9)15(17)18/h1-8H,(H,13,14,16). The fraction of sp³-hybridized carbons (Fsp3) is 0. The minimum absolute atomic E-state index is 0.0409. The van der Waals surface area contributed by atoms with Crippen LogP contribution in [0.5, 0.6) is 0 Å². The molecule has 1 aromatic heterocycles. The molecule has 0 aliphatic rings. The Labute approximate surface area is 112 Å². The molecule has 0 unspecified atom stereocenters. The molecule has 1 aromatic carbocycles. The Morgan fingerprint density at radius 3 is 2.89 bits per heavy atom. The van der Waals surface area contributed by atoms with Gasteiger partial charge in [-0.2, -0.15) is 0 Å². The molecule has 96 valence electrons. The molecule has 0 saturated carbocycles. The molecule has 0 aliphatic carbocycles. The number of hydrogen-bond donors (Lipinski definition) is 1. The van der Waals surface area contributed by atoms with Crippen molar-refractivity contribution < 1.29 is 9.72 Å². The molecule has 2 rings (SSSR count). The molecule has 19 heavy (non-hydrogen) atoms. The lowest BCUT2D eigenvalue weighted by Crippen LogP contribution is -2.07. The fourth-order valence-corrected chi connectivity index (χ4v) is 1.92. The van der Waals surface area contributed by atoms with Crippen molar-refractivity contribution in [3.8, 4) is 0 Å². The summed E-state index contributed by atoms with van der Waals surface area (Å²) in [4.78, 5) is 25.8. The van der Waals surface area contributed by atoms with Crippen molar-refractivity contribution in [2.24, 2.45) is 0 Å². The van der Waals surface area contributed by atoms with E-state index in [-0.39, 0.29) is 11.6 Å². The Morgan fingerprint density at radius 2 is 2.21 bits per heavy atom. The number of rotatable bonds is 4. The van der Waals surface area contributed by atoms with E-state index < -0.39 is 4.92 Å². The highest BCUT2D eigenvalue weighted by atomic mass is 32.1. The van der Waals surface area contributed by atoms with Crippen LogP contribution in [0.1, 0.15) is 5.56 Å². The monoisotopic (exact) mass is 275 g/mol. The summed E-state index contributed by atoms with van der Waals surface area (Å²) in [5.74, 6) is -0.381. The van der Waals surface area contributed by atoms with Gasteiger partial charge in [0.1, 0.15) is 0 Å². The quantitative estimate of drug-likeness (QED) is 0.528. The summed E-state index contributed by atoms with van der Waals surface area (Å²) in [6, 6.07) is 6.21. The van der Waals surface area contributed by atoms with Gasteiger partial charge in [0.25, 0.3) is 5.69 Å². The number of para-hydroxylation sites is 1. The fourth-order valence-electron chi connectivity index (χ4n) is 1.39. The normalized spacial score (nSPS) is 10.5. The summed E-state index contributed by atoms with van der Waals surface area (Å²) in [5.41, 5.74) is 0.336. The van der Waals surface area contributed by atoms with E-state index in [1.807, 2.05) is 0 Å². The van der Waals surface area contributed by atoms with E-state index in [2.05, 4.69) is 10.3 Å². The number of benzene rings is 1. The van der Waals surface area contributed by atoms with Gasteiger partial charge in [0.05, 0.1) is 10.5 Å². The third-order valence-electron chi connectivity index (χ3n) is 2.21. The number of nitrogens with zero attached hydrogens (tertiary/aromatic N) is 2. The van der Waals surface area contributed by atoms with Gasteiger partial charge in [-0.15, -0.1) is 11.3 Å². The summed E-state index contributed by atoms with van der Waals surface area (Å²) in [6.45, 7) is 0. The topological polar surface area (TPSA) is 85.1 Å². The van der Waals surface area contributed by atoms with Crippen LogP contribution in [0.3, 0.4) is 0 Å². The summed E-state index contributed by atoms with van der Waals surface area (Å²) in [5, 5.41) is 15.6. The molecule has 0 atom stereocenters. The maximum absolute atomic E-state index is 11.6. The van der Waals surface area contributed by atoms with Crippen molar-refractivity contribution in [2.45, 2.75) is 0 Å². The second-order valence-corrected chi connectivity index (χ2v) is 4.37. The van der Waals surface area contributed by atoms with Crippen LogP contribution in [0.4, 0.5) is 10.8 Å². The van der Waals surface area contributed by atoms with E-state index in [9.17, 15) is 14.9 Å². The predicted octanol–water partition coefficient (Wildman–Crippen LogP) is 2.70. The van der Waals surface area contributed by atoms with E-state index in [1.165, 1.54) is 29.6 Å². The van der Waals surface area contributed by atoms with E-state index in [1.54, 1.807) is 29.8 Å². The number of nitro benzene ring substituents is 1. The average Bonchev–Trinajstić information content (AvgIpc) is 2.89. The number of carbonyl (C=O) groups is 1. The molecular weight excluding hydrogens is 266 g/mol. The van der Waals surface area contributed by atoms with Gasteiger partial charge >= 0.3 is 0 Å². The molecule has 6 nitrogen and oxygen atoms in total.